The van der Waals surface area contributed by atoms with E-state index in [1.807, 2.05) is 38.1 Å². The first-order valence-corrected chi connectivity index (χ1v) is 13.5. The van der Waals surface area contributed by atoms with Crippen molar-refractivity contribution in [2.24, 2.45) is 17.4 Å². The number of carbonyl (C=O) groups is 4. The van der Waals surface area contributed by atoms with Crippen LogP contribution in [0, 0.1) is 5.92 Å². The standard InChI is InChI=1S/C26H40N6O5S/c1-15(2)11-21(26(36)37)31-24(34)20(9-5-6-10-27)30-25(35)22(14-38)32-23(33)18(28)12-16-13-29-19-8-4-3-7-17(16)19/h3-4,7-8,13,15,18,20-22,29,38H,5-6,9-12,14,27-28H2,1-2H3,(H,30,35)(H,31,34)(H,32,33)(H,36,37). The van der Waals surface area contributed by atoms with Gasteiger partial charge in [0.05, 0.1) is 6.04 Å². The highest BCUT2D eigenvalue weighted by Crippen LogP contribution is 2.18. The topological polar surface area (TPSA) is 192 Å². The number of nitrogens with one attached hydrogen (secondary N) is 4. The van der Waals surface area contributed by atoms with Crippen molar-refractivity contribution in [1.82, 2.24) is 20.9 Å². The van der Waals surface area contributed by atoms with Crippen molar-refractivity contribution in [2.45, 2.75) is 70.1 Å². The Morgan fingerprint density at radius 1 is 0.974 bits per heavy atom. The van der Waals surface area contributed by atoms with Crippen molar-refractivity contribution in [3.8, 4) is 0 Å². The van der Waals surface area contributed by atoms with Gasteiger partial charge in [0, 0.05) is 22.9 Å². The van der Waals surface area contributed by atoms with Gasteiger partial charge in [-0.3, -0.25) is 14.4 Å². The summed E-state index contributed by atoms with van der Waals surface area (Å²) in [5, 5.41) is 18.2. The number of hydrogen-bond acceptors (Lipinski definition) is 7. The number of aromatic amines is 1. The molecule has 0 aliphatic carbocycles. The second-order valence-electron chi connectivity index (χ2n) is 9.79. The van der Waals surface area contributed by atoms with Crippen LogP contribution in [-0.2, 0) is 25.6 Å². The lowest BCUT2D eigenvalue weighted by atomic mass is 10.0. The molecule has 12 heteroatoms. The van der Waals surface area contributed by atoms with E-state index in [0.29, 0.717) is 19.4 Å². The third-order valence-corrected chi connectivity index (χ3v) is 6.53. The quantitative estimate of drug-likeness (QED) is 0.112. The highest BCUT2D eigenvalue weighted by molar-refractivity contribution is 7.80. The molecule has 2 rings (SSSR count). The smallest absolute Gasteiger partial charge is 0.326 e. The number of nitrogens with two attached hydrogens (primary N) is 2. The van der Waals surface area contributed by atoms with Gasteiger partial charge in [-0.05, 0) is 56.2 Å². The van der Waals surface area contributed by atoms with E-state index in [2.05, 4.69) is 33.6 Å². The Kier molecular flexibility index (Phi) is 12.6. The van der Waals surface area contributed by atoms with E-state index < -0.39 is 47.9 Å². The van der Waals surface area contributed by atoms with Crippen LogP contribution in [0.3, 0.4) is 0 Å². The van der Waals surface area contributed by atoms with Gasteiger partial charge in [0.25, 0.3) is 0 Å². The summed E-state index contributed by atoms with van der Waals surface area (Å²) in [5.41, 5.74) is 13.5. The van der Waals surface area contributed by atoms with Gasteiger partial charge in [0.2, 0.25) is 17.7 Å². The maximum absolute atomic E-state index is 13.0. The summed E-state index contributed by atoms with van der Waals surface area (Å²) in [6, 6.07) is 3.61. The van der Waals surface area contributed by atoms with E-state index in [9.17, 15) is 24.3 Å². The Balaban J connectivity index is 2.04. The SMILES string of the molecule is CC(C)CC(NC(=O)C(CCCCN)NC(=O)C(CS)NC(=O)C(N)Cc1c[nH]c2ccccc12)C(=O)O. The number of hydrogen-bond donors (Lipinski definition) is 8. The van der Waals surface area contributed by atoms with Gasteiger partial charge in [-0.2, -0.15) is 12.6 Å². The van der Waals surface area contributed by atoms with E-state index in [1.165, 1.54) is 0 Å². The van der Waals surface area contributed by atoms with Crippen molar-refractivity contribution < 1.29 is 24.3 Å². The summed E-state index contributed by atoms with van der Waals surface area (Å²) in [6.45, 7) is 4.12. The number of aliphatic carboxylic acids is 1. The number of aromatic nitrogens is 1. The van der Waals surface area contributed by atoms with Crippen LogP contribution in [0.4, 0.5) is 0 Å². The highest BCUT2D eigenvalue weighted by Gasteiger charge is 2.30. The van der Waals surface area contributed by atoms with Crippen LogP contribution in [0.5, 0.6) is 0 Å². The fraction of sp³-hybridized carbons (Fsp3) is 0.538. The zero-order valence-electron chi connectivity index (χ0n) is 21.9. The van der Waals surface area contributed by atoms with Crippen LogP contribution in [0.15, 0.2) is 30.5 Å². The summed E-state index contributed by atoms with van der Waals surface area (Å²) >= 11 is 4.20. The zero-order valence-corrected chi connectivity index (χ0v) is 22.8. The van der Waals surface area contributed by atoms with E-state index in [0.717, 1.165) is 16.5 Å². The Bertz CT molecular complexity index is 1090. The van der Waals surface area contributed by atoms with Gasteiger partial charge in [0.1, 0.15) is 18.1 Å². The number of fused-ring (bicyclic) bond motifs is 1. The number of rotatable bonds is 16. The van der Waals surface area contributed by atoms with Crippen molar-refractivity contribution in [1.29, 1.82) is 0 Å². The molecule has 2 aromatic rings. The number of unbranched alkanes of at least 4 members (excludes halogenated alkanes) is 1. The number of carboxylic acid groups (broad SMARTS) is 1. The van der Waals surface area contributed by atoms with Gasteiger partial charge in [-0.1, -0.05) is 32.0 Å². The molecule has 0 bridgehead atoms. The average molecular weight is 549 g/mol. The molecule has 9 N–H and O–H groups in total. The van der Waals surface area contributed by atoms with Crippen LogP contribution < -0.4 is 27.4 Å². The van der Waals surface area contributed by atoms with Crippen LogP contribution >= 0.6 is 12.6 Å². The molecule has 0 saturated carbocycles. The molecule has 210 valence electrons. The molecule has 0 aliphatic heterocycles. The minimum atomic E-state index is -1.15. The number of para-hydroxylation sites is 1. The molecule has 4 unspecified atom stereocenters. The Morgan fingerprint density at radius 3 is 2.24 bits per heavy atom. The van der Waals surface area contributed by atoms with Gasteiger partial charge < -0.3 is 37.5 Å². The van der Waals surface area contributed by atoms with Crippen molar-refractivity contribution in [2.75, 3.05) is 12.3 Å². The zero-order chi connectivity index (χ0) is 28.2. The number of benzene rings is 1. The van der Waals surface area contributed by atoms with E-state index >= 15 is 0 Å². The molecule has 0 radical (unpaired) electrons. The number of carboxylic acids is 1. The largest absolute Gasteiger partial charge is 0.480 e. The molecule has 3 amide bonds. The molecular weight excluding hydrogens is 508 g/mol. The van der Waals surface area contributed by atoms with Crippen molar-refractivity contribution >= 4 is 47.2 Å². The average Bonchev–Trinajstić information content (AvgIpc) is 3.28. The number of H-pyrrole nitrogens is 1. The van der Waals surface area contributed by atoms with E-state index in [4.69, 9.17) is 11.5 Å². The highest BCUT2D eigenvalue weighted by atomic mass is 32.1. The van der Waals surface area contributed by atoms with Crippen LogP contribution in [0.25, 0.3) is 10.9 Å². The molecule has 0 fully saturated rings. The Hall–Kier alpha value is -3.09. The predicted molar refractivity (Wildman–Crippen MR) is 150 cm³/mol. The van der Waals surface area contributed by atoms with E-state index in [-0.39, 0.29) is 30.9 Å². The monoisotopic (exact) mass is 548 g/mol. The first-order valence-electron chi connectivity index (χ1n) is 12.8. The molecule has 0 aliphatic rings. The summed E-state index contributed by atoms with van der Waals surface area (Å²) < 4.78 is 0. The first-order chi connectivity index (χ1) is 18.1. The lowest BCUT2D eigenvalue weighted by molar-refractivity contribution is -0.142. The fourth-order valence-electron chi connectivity index (χ4n) is 4.10. The Morgan fingerprint density at radius 2 is 1.61 bits per heavy atom. The molecule has 4 atom stereocenters. The third kappa shape index (κ3) is 9.34. The molecule has 1 aromatic heterocycles. The van der Waals surface area contributed by atoms with Gasteiger partial charge in [0.15, 0.2) is 0 Å². The summed E-state index contributed by atoms with van der Waals surface area (Å²) in [7, 11) is 0. The number of thiol groups is 1. The van der Waals surface area contributed by atoms with Gasteiger partial charge >= 0.3 is 5.97 Å². The fourth-order valence-corrected chi connectivity index (χ4v) is 4.36. The number of carbonyl (C=O) groups excluding carboxylic acids is 3. The maximum atomic E-state index is 13.0. The molecule has 0 saturated heterocycles. The second kappa shape index (κ2) is 15.4. The molecular formula is C26H40N6O5S. The van der Waals surface area contributed by atoms with Crippen LogP contribution in [0.1, 0.15) is 45.1 Å². The van der Waals surface area contributed by atoms with Crippen LogP contribution in [-0.4, -0.2) is 70.2 Å². The van der Waals surface area contributed by atoms with Gasteiger partial charge in [-0.15, -0.1) is 0 Å². The first kappa shape index (κ1) is 31.1. The Labute approximate surface area is 228 Å². The van der Waals surface area contributed by atoms with Crippen molar-refractivity contribution in [3.63, 3.8) is 0 Å². The summed E-state index contributed by atoms with van der Waals surface area (Å²) in [5.74, 6) is -2.89. The predicted octanol–water partition coefficient (Wildman–Crippen LogP) is 0.682. The third-order valence-electron chi connectivity index (χ3n) is 6.17. The number of amides is 3. The lowest BCUT2D eigenvalue weighted by Gasteiger charge is -2.25. The van der Waals surface area contributed by atoms with Crippen molar-refractivity contribution in [3.05, 3.63) is 36.0 Å². The minimum absolute atomic E-state index is 0.0282. The molecule has 11 nitrogen and oxygen atoms in total. The minimum Gasteiger partial charge on any atom is -0.480 e. The summed E-state index contributed by atoms with van der Waals surface area (Å²) in [4.78, 5) is 53.5. The van der Waals surface area contributed by atoms with Crippen LogP contribution in [0.2, 0.25) is 0 Å². The normalized spacial score (nSPS) is 14.5. The molecule has 0 spiro atoms. The molecule has 1 aromatic carbocycles. The summed E-state index contributed by atoms with van der Waals surface area (Å²) in [6.07, 6.45) is 3.74. The molecule has 1 heterocycles. The van der Waals surface area contributed by atoms with E-state index in [1.54, 1.807) is 6.20 Å². The second-order valence-corrected chi connectivity index (χ2v) is 10.2. The van der Waals surface area contributed by atoms with Gasteiger partial charge in [-0.25, -0.2) is 4.79 Å². The molecule has 38 heavy (non-hydrogen) atoms. The lowest BCUT2D eigenvalue weighted by Crippen LogP contribution is -2.57. The maximum Gasteiger partial charge on any atom is 0.326 e.